The molecule has 1 nitrogen and oxygen atoms in total. The summed E-state index contributed by atoms with van der Waals surface area (Å²) in [4.78, 5) is 0. The molecule has 0 saturated carbocycles. The molecule has 0 aliphatic heterocycles. The van der Waals surface area contributed by atoms with Crippen LogP contribution >= 0.6 is 11.6 Å². The second kappa shape index (κ2) is 9.39. The van der Waals surface area contributed by atoms with Crippen LogP contribution < -0.4 is 0 Å². The second-order valence-corrected chi connectivity index (χ2v) is 5.65. The van der Waals surface area contributed by atoms with Crippen molar-refractivity contribution in [1.29, 1.82) is 0 Å². The topological polar surface area (TPSA) is 9.23 Å². The Bertz CT molecular complexity index is 319. The summed E-state index contributed by atoms with van der Waals surface area (Å²) < 4.78 is 5.80. The summed E-state index contributed by atoms with van der Waals surface area (Å²) >= 11 is 6.20. The third-order valence-electron chi connectivity index (χ3n) is 3.98. The van der Waals surface area contributed by atoms with Crippen molar-refractivity contribution in [1.82, 2.24) is 0 Å². The zero-order chi connectivity index (χ0) is 14.0. The minimum atomic E-state index is 0.272. The van der Waals surface area contributed by atoms with Crippen molar-refractivity contribution in [3.63, 3.8) is 0 Å². The van der Waals surface area contributed by atoms with Gasteiger partial charge >= 0.3 is 0 Å². The number of alkyl halides is 1. The van der Waals surface area contributed by atoms with Gasteiger partial charge in [0.25, 0.3) is 0 Å². The monoisotopic (exact) mass is 282 g/mol. The summed E-state index contributed by atoms with van der Waals surface area (Å²) in [5, 5.41) is 0. The van der Waals surface area contributed by atoms with Gasteiger partial charge < -0.3 is 4.74 Å². The van der Waals surface area contributed by atoms with Gasteiger partial charge in [0.1, 0.15) is 0 Å². The number of ether oxygens (including phenoxy) is 1. The lowest BCUT2D eigenvalue weighted by atomic mass is 9.79. The van der Waals surface area contributed by atoms with Crippen molar-refractivity contribution >= 4 is 11.6 Å². The molecule has 1 aromatic carbocycles. The first-order valence-corrected chi connectivity index (χ1v) is 7.97. The van der Waals surface area contributed by atoms with Crippen LogP contribution in [-0.2, 0) is 11.3 Å². The third-order valence-corrected chi connectivity index (χ3v) is 4.55. The summed E-state index contributed by atoms with van der Waals surface area (Å²) in [5.41, 5.74) is 1.51. The van der Waals surface area contributed by atoms with Gasteiger partial charge in [-0.2, -0.15) is 0 Å². The van der Waals surface area contributed by atoms with E-state index >= 15 is 0 Å². The number of hydrogen-bond acceptors (Lipinski definition) is 1. The normalized spacial score (nSPS) is 14.3. The smallest absolute Gasteiger partial charge is 0.0716 e. The van der Waals surface area contributed by atoms with Crippen molar-refractivity contribution in [2.45, 2.75) is 52.6 Å². The average Bonchev–Trinajstić information content (AvgIpc) is 2.48. The van der Waals surface area contributed by atoms with Crippen molar-refractivity contribution < 1.29 is 4.74 Å². The maximum atomic E-state index is 6.20. The summed E-state index contributed by atoms with van der Waals surface area (Å²) in [5.74, 6) is 0.748. The lowest BCUT2D eigenvalue weighted by molar-refractivity contribution is 0.0833. The standard InChI is InChI=1S/C17H27ClO/c1-3-5-11-17(4-2,15-18)12-13-19-14-16-9-7-6-8-10-16/h6-10H,3-5,11-15H2,1-2H3. The molecule has 1 unspecified atom stereocenters. The molecule has 0 saturated heterocycles. The van der Waals surface area contributed by atoms with Gasteiger partial charge in [0.2, 0.25) is 0 Å². The highest BCUT2D eigenvalue weighted by Crippen LogP contribution is 2.34. The van der Waals surface area contributed by atoms with Gasteiger partial charge in [-0.25, -0.2) is 0 Å². The lowest BCUT2D eigenvalue weighted by Crippen LogP contribution is -2.24. The van der Waals surface area contributed by atoms with Crippen LogP contribution in [0.15, 0.2) is 30.3 Å². The van der Waals surface area contributed by atoms with Gasteiger partial charge in [-0.15, -0.1) is 11.6 Å². The first-order chi connectivity index (χ1) is 9.26. The Balaban J connectivity index is 2.32. The predicted molar refractivity (Wildman–Crippen MR) is 83.7 cm³/mol. The van der Waals surface area contributed by atoms with Crippen LogP contribution in [0.5, 0.6) is 0 Å². The lowest BCUT2D eigenvalue weighted by Gasteiger charge is -2.30. The highest BCUT2D eigenvalue weighted by Gasteiger charge is 2.26. The van der Waals surface area contributed by atoms with Gasteiger partial charge in [0, 0.05) is 12.5 Å². The molecule has 1 aromatic rings. The van der Waals surface area contributed by atoms with E-state index in [1.165, 1.54) is 24.8 Å². The molecule has 0 N–H and O–H groups in total. The zero-order valence-electron chi connectivity index (χ0n) is 12.3. The largest absolute Gasteiger partial charge is 0.377 e. The predicted octanol–water partition coefficient (Wildman–Crippen LogP) is 5.42. The van der Waals surface area contributed by atoms with E-state index in [-0.39, 0.29) is 5.41 Å². The molecule has 1 atom stereocenters. The Morgan fingerprint density at radius 1 is 1.11 bits per heavy atom. The third kappa shape index (κ3) is 5.97. The highest BCUT2D eigenvalue weighted by molar-refractivity contribution is 6.18. The molecule has 0 aromatic heterocycles. The maximum Gasteiger partial charge on any atom is 0.0716 e. The minimum absolute atomic E-state index is 0.272. The summed E-state index contributed by atoms with van der Waals surface area (Å²) in [6.07, 6.45) is 5.94. The Kier molecular flexibility index (Phi) is 8.16. The van der Waals surface area contributed by atoms with Crippen LogP contribution in [0.25, 0.3) is 0 Å². The molecule has 0 aliphatic carbocycles. The van der Waals surface area contributed by atoms with E-state index in [1.807, 2.05) is 6.07 Å². The van der Waals surface area contributed by atoms with Gasteiger partial charge in [0.05, 0.1) is 6.61 Å². The number of unbranched alkanes of at least 4 members (excludes halogenated alkanes) is 1. The van der Waals surface area contributed by atoms with E-state index in [4.69, 9.17) is 16.3 Å². The van der Waals surface area contributed by atoms with E-state index in [1.54, 1.807) is 0 Å². The van der Waals surface area contributed by atoms with Crippen LogP contribution in [0.2, 0.25) is 0 Å². The molecule has 19 heavy (non-hydrogen) atoms. The molecular formula is C17H27ClO. The van der Waals surface area contributed by atoms with Crippen LogP contribution in [0.1, 0.15) is 51.5 Å². The molecule has 0 heterocycles. The Morgan fingerprint density at radius 3 is 2.42 bits per heavy atom. The van der Waals surface area contributed by atoms with Crippen molar-refractivity contribution in [2.75, 3.05) is 12.5 Å². The van der Waals surface area contributed by atoms with Gasteiger partial charge in [-0.05, 0) is 30.2 Å². The minimum Gasteiger partial charge on any atom is -0.377 e. The van der Waals surface area contributed by atoms with Crippen molar-refractivity contribution in [2.24, 2.45) is 5.41 Å². The molecule has 1 rings (SSSR count). The molecule has 0 radical (unpaired) electrons. The van der Waals surface area contributed by atoms with Crippen LogP contribution in [0, 0.1) is 5.41 Å². The van der Waals surface area contributed by atoms with E-state index in [9.17, 15) is 0 Å². The van der Waals surface area contributed by atoms with E-state index in [0.29, 0.717) is 6.61 Å². The van der Waals surface area contributed by atoms with Crippen molar-refractivity contribution in [3.05, 3.63) is 35.9 Å². The molecule has 2 heteroatoms. The Labute approximate surface area is 123 Å². The summed E-state index contributed by atoms with van der Waals surface area (Å²) in [7, 11) is 0. The molecule has 0 spiro atoms. The van der Waals surface area contributed by atoms with Crippen molar-refractivity contribution in [3.8, 4) is 0 Å². The Morgan fingerprint density at radius 2 is 1.84 bits per heavy atom. The average molecular weight is 283 g/mol. The molecule has 108 valence electrons. The van der Waals surface area contributed by atoms with E-state index < -0.39 is 0 Å². The first-order valence-electron chi connectivity index (χ1n) is 7.44. The van der Waals surface area contributed by atoms with Crippen LogP contribution in [0.4, 0.5) is 0 Å². The molecule has 0 aliphatic rings. The molecule has 0 fully saturated rings. The van der Waals surface area contributed by atoms with Gasteiger partial charge in [0.15, 0.2) is 0 Å². The summed E-state index contributed by atoms with van der Waals surface area (Å²) in [6, 6.07) is 10.3. The molecule has 0 amide bonds. The summed E-state index contributed by atoms with van der Waals surface area (Å²) in [6.45, 7) is 5.99. The fourth-order valence-corrected chi connectivity index (χ4v) is 2.77. The SMILES string of the molecule is CCCCC(CC)(CCl)CCOCc1ccccc1. The fraction of sp³-hybridized carbons (Fsp3) is 0.647. The first kappa shape index (κ1) is 16.5. The Hall–Kier alpha value is -0.530. The fourth-order valence-electron chi connectivity index (χ4n) is 2.31. The number of benzene rings is 1. The van der Waals surface area contributed by atoms with E-state index in [2.05, 4.69) is 38.1 Å². The maximum absolute atomic E-state index is 6.20. The zero-order valence-corrected chi connectivity index (χ0v) is 13.1. The van der Waals surface area contributed by atoms with Gasteiger partial charge in [-0.1, -0.05) is 57.0 Å². The number of halogens is 1. The number of hydrogen-bond donors (Lipinski definition) is 0. The van der Waals surface area contributed by atoms with Gasteiger partial charge in [-0.3, -0.25) is 0 Å². The second-order valence-electron chi connectivity index (χ2n) is 5.38. The number of rotatable bonds is 10. The van der Waals surface area contributed by atoms with Crippen LogP contribution in [-0.4, -0.2) is 12.5 Å². The molecule has 0 bridgehead atoms. The van der Waals surface area contributed by atoms with Crippen LogP contribution in [0.3, 0.4) is 0 Å². The van der Waals surface area contributed by atoms with E-state index in [0.717, 1.165) is 25.3 Å². The highest BCUT2D eigenvalue weighted by atomic mass is 35.5. The molecular weight excluding hydrogens is 256 g/mol. The quantitative estimate of drug-likeness (QED) is 0.411.